The third-order valence-electron chi connectivity index (χ3n) is 2.24. The molecule has 0 amide bonds. The lowest BCUT2D eigenvalue weighted by Crippen LogP contribution is -2.02. The average Bonchev–Trinajstić information content (AvgIpc) is 2.67. The number of ether oxygens (including phenoxy) is 2. The van der Waals surface area contributed by atoms with Crippen LogP contribution >= 0.6 is 23.2 Å². The quantitative estimate of drug-likeness (QED) is 0.853. The van der Waals surface area contributed by atoms with E-state index in [0.717, 1.165) is 16.9 Å². The van der Waals surface area contributed by atoms with E-state index in [1.54, 1.807) is 19.2 Å². The van der Waals surface area contributed by atoms with Crippen LogP contribution in [0, 0.1) is 0 Å². The number of hydrogen-bond donors (Lipinski definition) is 1. The highest BCUT2D eigenvalue weighted by molar-refractivity contribution is 6.42. The van der Waals surface area contributed by atoms with Gasteiger partial charge in [-0.3, -0.25) is 0 Å². The van der Waals surface area contributed by atoms with Gasteiger partial charge in [-0.1, -0.05) is 23.2 Å². The second kappa shape index (κ2) is 5.69. The lowest BCUT2D eigenvalue weighted by molar-refractivity contribution is 0.0590. The number of aromatic amines is 1. The lowest BCUT2D eigenvalue weighted by Gasteiger charge is -1.99. The summed E-state index contributed by atoms with van der Waals surface area (Å²) in [6, 6.07) is 3.49. The van der Waals surface area contributed by atoms with Crippen molar-refractivity contribution in [1.82, 2.24) is 9.97 Å². The van der Waals surface area contributed by atoms with Crippen molar-refractivity contribution in [2.75, 3.05) is 20.3 Å². The molecule has 17 heavy (non-hydrogen) atoms. The van der Waals surface area contributed by atoms with Gasteiger partial charge in [0.05, 0.1) is 34.3 Å². The van der Waals surface area contributed by atoms with Crippen LogP contribution in [-0.2, 0) is 16.1 Å². The Morgan fingerprint density at radius 1 is 1.24 bits per heavy atom. The van der Waals surface area contributed by atoms with Gasteiger partial charge in [0.2, 0.25) is 0 Å². The van der Waals surface area contributed by atoms with Crippen LogP contribution < -0.4 is 0 Å². The molecular formula is C11H12Cl2N2O2. The predicted octanol–water partition coefficient (Wildman–Crippen LogP) is 3.03. The molecule has 0 atom stereocenters. The molecule has 1 aromatic heterocycles. The van der Waals surface area contributed by atoms with Gasteiger partial charge >= 0.3 is 0 Å². The van der Waals surface area contributed by atoms with Gasteiger partial charge in [0.1, 0.15) is 12.4 Å². The molecule has 0 aliphatic heterocycles. The minimum absolute atomic E-state index is 0.410. The number of H-pyrrole nitrogens is 1. The highest BCUT2D eigenvalue weighted by Gasteiger charge is 2.06. The monoisotopic (exact) mass is 274 g/mol. The largest absolute Gasteiger partial charge is 0.382 e. The summed E-state index contributed by atoms with van der Waals surface area (Å²) in [7, 11) is 1.63. The summed E-state index contributed by atoms with van der Waals surface area (Å²) in [4.78, 5) is 7.47. The molecule has 0 aliphatic carbocycles. The van der Waals surface area contributed by atoms with Crippen LogP contribution in [0.3, 0.4) is 0 Å². The van der Waals surface area contributed by atoms with Crippen LogP contribution in [0.4, 0.5) is 0 Å². The van der Waals surface area contributed by atoms with Gasteiger partial charge in [-0.15, -0.1) is 0 Å². The molecule has 2 rings (SSSR count). The predicted molar refractivity (Wildman–Crippen MR) is 67.6 cm³/mol. The number of aromatic nitrogens is 2. The van der Waals surface area contributed by atoms with Crippen molar-refractivity contribution >= 4 is 34.2 Å². The van der Waals surface area contributed by atoms with Gasteiger partial charge in [0.15, 0.2) is 0 Å². The fourth-order valence-corrected chi connectivity index (χ4v) is 1.76. The van der Waals surface area contributed by atoms with Crippen LogP contribution in [0.2, 0.25) is 10.0 Å². The second-order valence-corrected chi connectivity index (χ2v) is 4.33. The third kappa shape index (κ3) is 3.10. The summed E-state index contributed by atoms with van der Waals surface area (Å²) in [5, 5.41) is 1.01. The van der Waals surface area contributed by atoms with Crippen molar-refractivity contribution in [2.45, 2.75) is 6.61 Å². The van der Waals surface area contributed by atoms with Crippen molar-refractivity contribution in [3.05, 3.63) is 28.0 Å². The standard InChI is InChI=1S/C11H12Cl2N2O2/c1-16-2-3-17-6-11-14-9-4-7(12)8(13)5-10(9)15-11/h4-5H,2-3,6H2,1H3,(H,14,15). The highest BCUT2D eigenvalue weighted by Crippen LogP contribution is 2.26. The van der Waals surface area contributed by atoms with Crippen molar-refractivity contribution < 1.29 is 9.47 Å². The molecule has 6 heteroatoms. The lowest BCUT2D eigenvalue weighted by atomic mass is 10.3. The number of imidazole rings is 1. The van der Waals surface area contributed by atoms with E-state index in [2.05, 4.69) is 9.97 Å². The van der Waals surface area contributed by atoms with Crippen LogP contribution in [0.1, 0.15) is 5.82 Å². The Kier molecular flexibility index (Phi) is 4.23. The first kappa shape index (κ1) is 12.6. The summed E-state index contributed by atoms with van der Waals surface area (Å²) in [5.74, 6) is 0.745. The number of fused-ring (bicyclic) bond motifs is 1. The topological polar surface area (TPSA) is 47.1 Å². The van der Waals surface area contributed by atoms with Crippen molar-refractivity contribution in [3.63, 3.8) is 0 Å². The zero-order valence-electron chi connectivity index (χ0n) is 9.30. The smallest absolute Gasteiger partial charge is 0.133 e. The first-order valence-corrected chi connectivity index (χ1v) is 5.86. The minimum atomic E-state index is 0.410. The van der Waals surface area contributed by atoms with E-state index >= 15 is 0 Å². The van der Waals surface area contributed by atoms with Crippen LogP contribution in [0.5, 0.6) is 0 Å². The van der Waals surface area contributed by atoms with Gasteiger partial charge in [0.25, 0.3) is 0 Å². The van der Waals surface area contributed by atoms with Crippen molar-refractivity contribution in [2.24, 2.45) is 0 Å². The van der Waals surface area contributed by atoms with E-state index in [9.17, 15) is 0 Å². The summed E-state index contributed by atoms with van der Waals surface area (Å²) in [6.45, 7) is 1.51. The number of nitrogens with zero attached hydrogens (tertiary/aromatic N) is 1. The Labute approximate surface area is 109 Å². The first-order valence-electron chi connectivity index (χ1n) is 5.11. The van der Waals surface area contributed by atoms with Crippen molar-refractivity contribution in [3.8, 4) is 0 Å². The molecule has 1 N–H and O–H groups in total. The third-order valence-corrected chi connectivity index (χ3v) is 2.97. The minimum Gasteiger partial charge on any atom is -0.382 e. The fourth-order valence-electron chi connectivity index (χ4n) is 1.44. The summed E-state index contributed by atoms with van der Waals surface area (Å²) >= 11 is 11.8. The number of methoxy groups -OCH3 is 1. The average molecular weight is 275 g/mol. The first-order chi connectivity index (χ1) is 8.20. The van der Waals surface area contributed by atoms with Crippen molar-refractivity contribution in [1.29, 1.82) is 0 Å². The van der Waals surface area contributed by atoms with Crippen LogP contribution in [0.15, 0.2) is 12.1 Å². The van der Waals surface area contributed by atoms with Gasteiger partial charge in [-0.2, -0.15) is 0 Å². The maximum atomic E-state index is 5.91. The second-order valence-electron chi connectivity index (χ2n) is 3.51. The van der Waals surface area contributed by atoms with E-state index in [1.165, 1.54) is 0 Å². The Bertz CT molecular complexity index is 474. The Morgan fingerprint density at radius 2 is 2.00 bits per heavy atom. The molecular weight excluding hydrogens is 263 g/mol. The van der Waals surface area contributed by atoms with E-state index in [-0.39, 0.29) is 0 Å². The molecule has 0 spiro atoms. The van der Waals surface area contributed by atoms with Crippen LogP contribution in [-0.4, -0.2) is 30.3 Å². The van der Waals surface area contributed by atoms with Gasteiger partial charge in [-0.25, -0.2) is 4.98 Å². The molecule has 0 saturated carbocycles. The van der Waals surface area contributed by atoms with E-state index in [4.69, 9.17) is 32.7 Å². The number of hydrogen-bond acceptors (Lipinski definition) is 3. The molecule has 0 fully saturated rings. The summed E-state index contributed by atoms with van der Waals surface area (Å²) < 4.78 is 10.2. The molecule has 92 valence electrons. The Balaban J connectivity index is 2.09. The maximum absolute atomic E-state index is 5.91. The summed E-state index contributed by atoms with van der Waals surface area (Å²) in [5.41, 5.74) is 1.63. The van der Waals surface area contributed by atoms with E-state index in [0.29, 0.717) is 29.9 Å². The number of rotatable bonds is 5. The number of benzene rings is 1. The Morgan fingerprint density at radius 3 is 2.76 bits per heavy atom. The normalized spacial score (nSPS) is 11.2. The molecule has 0 aliphatic rings. The maximum Gasteiger partial charge on any atom is 0.133 e. The Hall–Kier alpha value is -0.810. The molecule has 4 nitrogen and oxygen atoms in total. The van der Waals surface area contributed by atoms with Crippen LogP contribution in [0.25, 0.3) is 11.0 Å². The number of halogens is 2. The molecule has 0 bridgehead atoms. The molecule has 1 aromatic carbocycles. The highest BCUT2D eigenvalue weighted by atomic mass is 35.5. The molecule has 0 unspecified atom stereocenters. The molecule has 0 radical (unpaired) electrons. The fraction of sp³-hybridized carbons (Fsp3) is 0.364. The zero-order chi connectivity index (χ0) is 12.3. The van der Waals surface area contributed by atoms with E-state index in [1.807, 2.05) is 0 Å². The number of nitrogens with one attached hydrogen (secondary N) is 1. The zero-order valence-corrected chi connectivity index (χ0v) is 10.8. The molecule has 0 saturated heterocycles. The van der Waals surface area contributed by atoms with E-state index < -0.39 is 0 Å². The molecule has 2 aromatic rings. The van der Waals surface area contributed by atoms with Gasteiger partial charge < -0.3 is 14.5 Å². The molecule has 1 heterocycles. The summed E-state index contributed by atoms with van der Waals surface area (Å²) in [6.07, 6.45) is 0. The van der Waals surface area contributed by atoms with Gasteiger partial charge in [0, 0.05) is 7.11 Å². The van der Waals surface area contributed by atoms with Gasteiger partial charge in [-0.05, 0) is 12.1 Å². The SMILES string of the molecule is COCCOCc1nc2cc(Cl)c(Cl)cc2[nH]1.